The van der Waals surface area contributed by atoms with Crippen LogP contribution >= 0.6 is 0 Å². The van der Waals surface area contributed by atoms with Crippen LogP contribution in [-0.2, 0) is 22.6 Å². The van der Waals surface area contributed by atoms with Gasteiger partial charge in [0.25, 0.3) is 0 Å². The van der Waals surface area contributed by atoms with Crippen LogP contribution in [0.2, 0.25) is 0 Å². The maximum atomic E-state index is 13.0. The van der Waals surface area contributed by atoms with E-state index in [4.69, 9.17) is 0 Å². The van der Waals surface area contributed by atoms with Gasteiger partial charge in [-0.15, -0.1) is 0 Å². The molecule has 1 aromatic rings. The molecule has 2 aliphatic heterocycles. The molecule has 5 heteroatoms. The topological polar surface area (TPSA) is 52.7 Å². The molecule has 1 saturated heterocycles. The molecule has 0 radical (unpaired) electrons. The van der Waals surface area contributed by atoms with Crippen molar-refractivity contribution in [3.05, 3.63) is 35.4 Å². The molecule has 0 aromatic heterocycles. The minimum atomic E-state index is -0.117. The summed E-state index contributed by atoms with van der Waals surface area (Å²) in [6.07, 6.45) is 3.41. The van der Waals surface area contributed by atoms with Crippen molar-refractivity contribution in [1.29, 1.82) is 0 Å². The van der Waals surface area contributed by atoms with Crippen LogP contribution in [0.25, 0.3) is 0 Å². The molecule has 1 N–H and O–H groups in total. The zero-order valence-electron chi connectivity index (χ0n) is 15.3. The van der Waals surface area contributed by atoms with Crippen LogP contribution in [0.15, 0.2) is 24.3 Å². The van der Waals surface area contributed by atoms with Crippen molar-refractivity contribution in [3.8, 4) is 0 Å². The van der Waals surface area contributed by atoms with Gasteiger partial charge in [-0.1, -0.05) is 31.2 Å². The molecule has 0 bridgehead atoms. The van der Waals surface area contributed by atoms with Gasteiger partial charge < -0.3 is 10.2 Å². The summed E-state index contributed by atoms with van der Waals surface area (Å²) in [5.74, 6) is 0.259. The van der Waals surface area contributed by atoms with E-state index < -0.39 is 0 Å². The number of carbonyl (C=O) groups is 2. The number of carbonyl (C=O) groups excluding carboxylic acids is 2. The lowest BCUT2D eigenvalue weighted by Gasteiger charge is -2.39. The van der Waals surface area contributed by atoms with Gasteiger partial charge in [-0.25, -0.2) is 0 Å². The van der Waals surface area contributed by atoms with Crippen LogP contribution in [0.3, 0.4) is 0 Å². The molecule has 5 nitrogen and oxygen atoms in total. The molecule has 2 atom stereocenters. The Morgan fingerprint density at radius 1 is 1.24 bits per heavy atom. The van der Waals surface area contributed by atoms with E-state index in [9.17, 15) is 9.59 Å². The van der Waals surface area contributed by atoms with Crippen molar-refractivity contribution in [2.75, 3.05) is 19.6 Å². The van der Waals surface area contributed by atoms with Crippen molar-refractivity contribution in [2.24, 2.45) is 0 Å². The number of fused-ring (bicyclic) bond motifs is 1. The number of likely N-dealkylation sites (tertiary alicyclic amines) is 1. The van der Waals surface area contributed by atoms with Gasteiger partial charge in [0.1, 0.15) is 0 Å². The van der Waals surface area contributed by atoms with Crippen molar-refractivity contribution in [3.63, 3.8) is 0 Å². The van der Waals surface area contributed by atoms with Gasteiger partial charge in [0.2, 0.25) is 11.8 Å². The number of hydrogen-bond acceptors (Lipinski definition) is 3. The Balaban J connectivity index is 1.59. The summed E-state index contributed by atoms with van der Waals surface area (Å²) in [4.78, 5) is 28.8. The zero-order valence-corrected chi connectivity index (χ0v) is 15.3. The monoisotopic (exact) mass is 343 g/mol. The van der Waals surface area contributed by atoms with Crippen molar-refractivity contribution in [1.82, 2.24) is 15.1 Å². The number of rotatable bonds is 4. The summed E-state index contributed by atoms with van der Waals surface area (Å²) in [5, 5.41) is 3.04. The molecular weight excluding hydrogens is 314 g/mol. The van der Waals surface area contributed by atoms with E-state index in [0.717, 1.165) is 38.9 Å². The number of piperidine rings is 1. The minimum Gasteiger partial charge on any atom is -0.352 e. The highest BCUT2D eigenvalue weighted by atomic mass is 16.2. The first-order chi connectivity index (χ1) is 12.1. The maximum absolute atomic E-state index is 13.0. The first kappa shape index (κ1) is 17.9. The first-order valence-corrected chi connectivity index (χ1v) is 9.47. The van der Waals surface area contributed by atoms with Gasteiger partial charge >= 0.3 is 0 Å². The molecule has 136 valence electrons. The predicted molar refractivity (Wildman–Crippen MR) is 98.1 cm³/mol. The van der Waals surface area contributed by atoms with Crippen LogP contribution < -0.4 is 5.32 Å². The molecule has 3 rings (SSSR count). The normalized spacial score (nSPS) is 22.2. The Hall–Kier alpha value is -1.88. The summed E-state index contributed by atoms with van der Waals surface area (Å²) >= 11 is 0. The van der Waals surface area contributed by atoms with Crippen LogP contribution in [-0.4, -0.2) is 53.3 Å². The first-order valence-electron chi connectivity index (χ1n) is 9.47. The van der Waals surface area contributed by atoms with E-state index in [0.29, 0.717) is 13.0 Å². The lowest BCUT2D eigenvalue weighted by Crippen LogP contribution is -2.54. The minimum absolute atomic E-state index is 0.0694. The highest BCUT2D eigenvalue weighted by Gasteiger charge is 2.31. The second-order valence-corrected chi connectivity index (χ2v) is 7.21. The number of amides is 2. The van der Waals surface area contributed by atoms with Crippen LogP contribution in [0.4, 0.5) is 0 Å². The lowest BCUT2D eigenvalue weighted by molar-refractivity contribution is -0.138. The average Bonchev–Trinajstić information content (AvgIpc) is 2.66. The second-order valence-electron chi connectivity index (χ2n) is 7.21. The van der Waals surface area contributed by atoms with Crippen LogP contribution in [0.5, 0.6) is 0 Å². The van der Waals surface area contributed by atoms with E-state index in [-0.39, 0.29) is 23.9 Å². The largest absolute Gasteiger partial charge is 0.352 e. The van der Waals surface area contributed by atoms with Crippen molar-refractivity contribution >= 4 is 11.8 Å². The highest BCUT2D eigenvalue weighted by Crippen LogP contribution is 2.22. The van der Waals surface area contributed by atoms with Gasteiger partial charge in [0, 0.05) is 38.6 Å². The van der Waals surface area contributed by atoms with Gasteiger partial charge in [-0.2, -0.15) is 0 Å². The molecule has 0 spiro atoms. The summed E-state index contributed by atoms with van der Waals surface area (Å²) in [6, 6.07) is 8.48. The van der Waals surface area contributed by atoms with E-state index in [1.807, 2.05) is 18.7 Å². The summed E-state index contributed by atoms with van der Waals surface area (Å²) < 4.78 is 0. The summed E-state index contributed by atoms with van der Waals surface area (Å²) in [7, 11) is 0. The molecule has 1 fully saturated rings. The molecule has 2 amide bonds. The molecule has 0 saturated carbocycles. The summed E-state index contributed by atoms with van der Waals surface area (Å²) in [6.45, 7) is 7.08. The maximum Gasteiger partial charge on any atom is 0.239 e. The van der Waals surface area contributed by atoms with Gasteiger partial charge in [0.15, 0.2) is 0 Å². The molecule has 25 heavy (non-hydrogen) atoms. The number of nitrogens with zero attached hydrogens (tertiary/aromatic N) is 2. The standard InChI is InChI=1S/C20H29N3O2/c1-3-19(24)21-18-9-6-11-23(14-18)20(25)15(2)22-12-10-16-7-4-5-8-17(16)13-22/h4-5,7-8,15,18H,3,6,9-14H2,1-2H3,(H,21,24). The van der Waals surface area contributed by atoms with E-state index in [1.165, 1.54) is 11.1 Å². The van der Waals surface area contributed by atoms with Gasteiger partial charge in [0.05, 0.1) is 6.04 Å². The fraction of sp³-hybridized carbons (Fsp3) is 0.600. The Kier molecular flexibility index (Phi) is 5.74. The number of benzene rings is 1. The predicted octanol–water partition coefficient (Wildman–Crippen LogP) is 1.95. The summed E-state index contributed by atoms with van der Waals surface area (Å²) in [5.41, 5.74) is 2.74. The molecule has 0 aliphatic carbocycles. The van der Waals surface area contributed by atoms with E-state index in [2.05, 4.69) is 34.5 Å². The van der Waals surface area contributed by atoms with E-state index in [1.54, 1.807) is 0 Å². The highest BCUT2D eigenvalue weighted by molar-refractivity contribution is 5.82. The number of hydrogen-bond donors (Lipinski definition) is 1. The third-order valence-corrected chi connectivity index (χ3v) is 5.48. The van der Waals surface area contributed by atoms with Crippen molar-refractivity contribution < 1.29 is 9.59 Å². The SMILES string of the molecule is CCC(=O)NC1CCCN(C(=O)C(C)N2CCc3ccccc3C2)C1. The fourth-order valence-corrected chi connectivity index (χ4v) is 3.89. The Morgan fingerprint density at radius 2 is 2.00 bits per heavy atom. The number of nitrogens with one attached hydrogen (secondary N) is 1. The third-order valence-electron chi connectivity index (χ3n) is 5.48. The van der Waals surface area contributed by atoms with Crippen molar-refractivity contribution in [2.45, 2.75) is 58.2 Å². The Bertz CT molecular complexity index is 631. The molecule has 1 aromatic carbocycles. The zero-order chi connectivity index (χ0) is 17.8. The van der Waals surface area contributed by atoms with Gasteiger partial charge in [-0.05, 0) is 37.3 Å². The Morgan fingerprint density at radius 3 is 2.76 bits per heavy atom. The quantitative estimate of drug-likeness (QED) is 0.909. The third kappa shape index (κ3) is 4.21. The smallest absolute Gasteiger partial charge is 0.239 e. The Labute approximate surface area is 150 Å². The van der Waals surface area contributed by atoms with Gasteiger partial charge in [-0.3, -0.25) is 14.5 Å². The second kappa shape index (κ2) is 8.00. The molecule has 2 heterocycles. The van der Waals surface area contributed by atoms with Crippen LogP contribution in [0.1, 0.15) is 44.2 Å². The average molecular weight is 343 g/mol. The fourth-order valence-electron chi connectivity index (χ4n) is 3.89. The van der Waals surface area contributed by atoms with E-state index >= 15 is 0 Å². The lowest BCUT2D eigenvalue weighted by atomic mass is 9.98. The molecular formula is C20H29N3O2. The molecule has 2 aliphatic rings. The molecule has 2 unspecified atom stereocenters. The van der Waals surface area contributed by atoms with Crippen LogP contribution in [0, 0.1) is 0 Å².